The van der Waals surface area contributed by atoms with Crippen molar-refractivity contribution < 1.29 is 18.0 Å². The Hall–Kier alpha value is -3.38. The topological polar surface area (TPSA) is 33.2 Å². The molecule has 1 aromatic heterocycles. The van der Waals surface area contributed by atoms with Gasteiger partial charge in [-0.15, -0.1) is 0 Å². The van der Waals surface area contributed by atoms with Gasteiger partial charge in [0.15, 0.2) is 0 Å². The Labute approximate surface area is 181 Å². The third-order valence-electron chi connectivity index (χ3n) is 5.00. The lowest BCUT2D eigenvalue weighted by atomic mass is 9.94. The molecule has 0 saturated carbocycles. The number of hydrogen-bond acceptors (Lipinski definition) is 2. The monoisotopic (exact) mass is 440 g/mol. The van der Waals surface area contributed by atoms with Crippen LogP contribution in [0.15, 0.2) is 79.0 Å². The van der Waals surface area contributed by atoms with Crippen LogP contribution in [0.3, 0.4) is 0 Å². The third kappa shape index (κ3) is 3.99. The number of benzene rings is 3. The smallest absolute Gasteiger partial charge is 0.311 e. The molecule has 0 N–H and O–H groups in total. The Morgan fingerprint density at radius 3 is 2.35 bits per heavy atom. The fraction of sp³-hybridized carbons (Fsp3) is 0.0833. The highest BCUT2D eigenvalue weighted by atomic mass is 35.5. The minimum absolute atomic E-state index is 0.195. The minimum atomic E-state index is -4.57. The first kappa shape index (κ1) is 20.9. The number of fused-ring (bicyclic) bond motifs is 1. The molecule has 31 heavy (non-hydrogen) atoms. The van der Waals surface area contributed by atoms with Gasteiger partial charge in [-0.05, 0) is 29.8 Å². The van der Waals surface area contributed by atoms with E-state index in [1.54, 1.807) is 67.7 Å². The molecule has 3 nitrogen and oxygen atoms in total. The standard InChI is InChI=1S/C24H16ClF3N2O/c1-30(17-10-5-9-16(25)13-17)23(31)19-14-29-22-18(11-6-12-20(22)24(26,27)28)21(19)15-7-3-2-4-8-15/h2-14H,1H3. The molecule has 0 aliphatic heterocycles. The highest BCUT2D eigenvalue weighted by Crippen LogP contribution is 2.39. The molecule has 0 aliphatic carbocycles. The van der Waals surface area contributed by atoms with E-state index in [1.165, 1.54) is 17.2 Å². The Kier molecular flexibility index (Phi) is 5.41. The van der Waals surface area contributed by atoms with Gasteiger partial charge in [0.1, 0.15) is 0 Å². The van der Waals surface area contributed by atoms with Gasteiger partial charge in [-0.25, -0.2) is 0 Å². The molecule has 1 heterocycles. The van der Waals surface area contributed by atoms with Crippen LogP contribution in [-0.4, -0.2) is 17.9 Å². The van der Waals surface area contributed by atoms with Crippen molar-refractivity contribution in [2.45, 2.75) is 6.18 Å². The molecule has 7 heteroatoms. The zero-order valence-electron chi connectivity index (χ0n) is 16.3. The summed E-state index contributed by atoms with van der Waals surface area (Å²) in [6.07, 6.45) is -3.35. The van der Waals surface area contributed by atoms with Crippen LogP contribution in [0.25, 0.3) is 22.0 Å². The van der Waals surface area contributed by atoms with Crippen LogP contribution in [0.4, 0.5) is 18.9 Å². The van der Waals surface area contributed by atoms with Crippen LogP contribution in [0.5, 0.6) is 0 Å². The molecule has 3 aromatic carbocycles. The first-order chi connectivity index (χ1) is 14.8. The lowest BCUT2D eigenvalue weighted by molar-refractivity contribution is -0.136. The summed E-state index contributed by atoms with van der Waals surface area (Å²) in [5.41, 5.74) is 0.731. The van der Waals surface area contributed by atoms with Gasteiger partial charge in [0.05, 0.1) is 16.6 Å². The maximum absolute atomic E-state index is 13.6. The van der Waals surface area contributed by atoms with Gasteiger partial charge in [-0.1, -0.05) is 60.1 Å². The predicted molar refractivity (Wildman–Crippen MR) is 116 cm³/mol. The zero-order chi connectivity index (χ0) is 22.2. The van der Waals surface area contributed by atoms with Crippen LogP contribution < -0.4 is 4.90 Å². The Morgan fingerprint density at radius 2 is 1.68 bits per heavy atom. The van der Waals surface area contributed by atoms with Crippen molar-refractivity contribution in [3.63, 3.8) is 0 Å². The lowest BCUT2D eigenvalue weighted by Gasteiger charge is -2.21. The number of halogens is 4. The average molecular weight is 441 g/mol. The summed E-state index contributed by atoms with van der Waals surface area (Å²) in [6, 6.07) is 19.5. The lowest BCUT2D eigenvalue weighted by Crippen LogP contribution is -2.27. The Balaban J connectivity index is 1.96. The number of para-hydroxylation sites is 1. The molecule has 0 spiro atoms. The Morgan fingerprint density at radius 1 is 0.968 bits per heavy atom. The highest BCUT2D eigenvalue weighted by Gasteiger charge is 2.34. The summed E-state index contributed by atoms with van der Waals surface area (Å²) in [6.45, 7) is 0. The number of carbonyl (C=O) groups is 1. The molecule has 0 unspecified atom stereocenters. The largest absolute Gasteiger partial charge is 0.418 e. The van der Waals surface area contributed by atoms with Crippen molar-refractivity contribution in [3.05, 3.63) is 95.1 Å². The fourth-order valence-corrected chi connectivity index (χ4v) is 3.70. The quantitative estimate of drug-likeness (QED) is 0.349. The van der Waals surface area contributed by atoms with Gasteiger partial charge < -0.3 is 4.90 Å². The molecule has 156 valence electrons. The summed E-state index contributed by atoms with van der Waals surface area (Å²) in [7, 11) is 1.58. The van der Waals surface area contributed by atoms with Crippen molar-refractivity contribution in [3.8, 4) is 11.1 Å². The first-order valence-electron chi connectivity index (χ1n) is 9.35. The van der Waals surface area contributed by atoms with Crippen LogP contribution in [0.1, 0.15) is 15.9 Å². The molecule has 0 fully saturated rings. The number of nitrogens with zero attached hydrogens (tertiary/aromatic N) is 2. The second-order valence-corrected chi connectivity index (χ2v) is 7.39. The van der Waals surface area contributed by atoms with Crippen molar-refractivity contribution in [2.24, 2.45) is 0 Å². The van der Waals surface area contributed by atoms with Gasteiger partial charge in [-0.2, -0.15) is 13.2 Å². The second-order valence-electron chi connectivity index (χ2n) is 6.96. The predicted octanol–water partition coefficient (Wildman–Crippen LogP) is 6.85. The van der Waals surface area contributed by atoms with Crippen molar-refractivity contribution >= 4 is 34.1 Å². The highest BCUT2D eigenvalue weighted by molar-refractivity contribution is 6.31. The molecule has 4 aromatic rings. The number of amides is 1. The average Bonchev–Trinajstić information content (AvgIpc) is 2.76. The van der Waals surface area contributed by atoms with Crippen molar-refractivity contribution in [2.75, 3.05) is 11.9 Å². The molecule has 0 saturated heterocycles. The molecule has 1 amide bonds. The second kappa shape index (κ2) is 8.04. The fourth-order valence-electron chi connectivity index (χ4n) is 3.51. The summed E-state index contributed by atoms with van der Waals surface area (Å²) < 4.78 is 40.7. The molecule has 0 radical (unpaired) electrons. The maximum atomic E-state index is 13.6. The zero-order valence-corrected chi connectivity index (χ0v) is 17.1. The van der Waals surface area contributed by atoms with E-state index in [2.05, 4.69) is 4.98 Å². The van der Waals surface area contributed by atoms with Gasteiger partial charge in [-0.3, -0.25) is 9.78 Å². The molecular formula is C24H16ClF3N2O. The van der Waals surface area contributed by atoms with Crippen LogP contribution in [0, 0.1) is 0 Å². The molecule has 0 aliphatic rings. The van der Waals surface area contributed by atoms with E-state index in [0.717, 1.165) is 6.07 Å². The third-order valence-corrected chi connectivity index (χ3v) is 5.23. The number of rotatable bonds is 3. The van der Waals surface area contributed by atoms with Gasteiger partial charge in [0.2, 0.25) is 0 Å². The molecule has 4 rings (SSSR count). The normalized spacial score (nSPS) is 11.5. The van der Waals surface area contributed by atoms with Gasteiger partial charge >= 0.3 is 6.18 Å². The van der Waals surface area contributed by atoms with E-state index < -0.39 is 17.6 Å². The van der Waals surface area contributed by atoms with Crippen LogP contribution in [0.2, 0.25) is 5.02 Å². The number of pyridine rings is 1. The minimum Gasteiger partial charge on any atom is -0.311 e. The number of carbonyl (C=O) groups excluding carboxylic acids is 1. The summed E-state index contributed by atoms with van der Waals surface area (Å²) in [4.78, 5) is 18.8. The molecule has 0 atom stereocenters. The number of hydrogen-bond donors (Lipinski definition) is 0. The van der Waals surface area contributed by atoms with E-state index >= 15 is 0 Å². The number of anilines is 1. The van der Waals surface area contributed by atoms with Crippen molar-refractivity contribution in [1.29, 1.82) is 0 Å². The summed E-state index contributed by atoms with van der Waals surface area (Å²) in [5.74, 6) is -0.409. The van der Waals surface area contributed by atoms with E-state index in [1.807, 2.05) is 0 Å². The maximum Gasteiger partial charge on any atom is 0.418 e. The molecule has 0 bridgehead atoms. The van der Waals surface area contributed by atoms with Crippen molar-refractivity contribution in [1.82, 2.24) is 4.98 Å². The summed E-state index contributed by atoms with van der Waals surface area (Å²) >= 11 is 6.05. The van der Waals surface area contributed by atoms with E-state index in [-0.39, 0.29) is 16.5 Å². The van der Waals surface area contributed by atoms with E-state index in [0.29, 0.717) is 21.8 Å². The Bertz CT molecular complexity index is 1270. The number of aromatic nitrogens is 1. The van der Waals surface area contributed by atoms with Crippen LogP contribution >= 0.6 is 11.6 Å². The van der Waals surface area contributed by atoms with Gasteiger partial charge in [0, 0.05) is 34.9 Å². The van der Waals surface area contributed by atoms with Gasteiger partial charge in [0.25, 0.3) is 5.91 Å². The van der Waals surface area contributed by atoms with E-state index in [4.69, 9.17) is 11.6 Å². The van der Waals surface area contributed by atoms with E-state index in [9.17, 15) is 18.0 Å². The number of alkyl halides is 3. The van der Waals surface area contributed by atoms with Crippen LogP contribution in [-0.2, 0) is 6.18 Å². The summed E-state index contributed by atoms with van der Waals surface area (Å²) in [5, 5.41) is 0.721. The first-order valence-corrected chi connectivity index (χ1v) is 9.73. The molecular weight excluding hydrogens is 425 g/mol. The SMILES string of the molecule is CN(C(=O)c1cnc2c(C(F)(F)F)cccc2c1-c1ccccc1)c1cccc(Cl)c1.